The predicted molar refractivity (Wildman–Crippen MR) is 293 cm³/mol. The number of ether oxygens (including phenoxy) is 9. The van der Waals surface area contributed by atoms with Crippen molar-refractivity contribution in [2.75, 3.05) is 33.9 Å². The first kappa shape index (κ1) is 67.0. The third-order valence-corrected chi connectivity index (χ3v) is 16.4. The SMILES string of the molecule is CO/N=C1\C[C@@H](C)O[C@@H](O[C@@H]2[C@@H](C)[C@H](O[C@H]3CC(C)N(CC(C)(C)NC(=O)c4cnccn4)C[C@H](C)O3)[C@@H](C)C(=O)O[C@H]([C@@H](C)CO[C@@H]3O[C@H](C)[C@@H](O)[C@@H](C)[C@H]3OC)[C@H](C)[C@@H](OC(=O)CC(C)C)[C@@H](C)C(=O)[C@@](C)(O)C[C@@H]2C)[C@@H]1O. The van der Waals surface area contributed by atoms with Crippen LogP contribution >= 0.6 is 0 Å². The lowest BCUT2D eigenvalue weighted by molar-refractivity contribution is -0.288. The molecule has 22 nitrogen and oxygen atoms in total. The van der Waals surface area contributed by atoms with E-state index in [1.165, 1.54) is 39.7 Å². The van der Waals surface area contributed by atoms with Gasteiger partial charge < -0.3 is 68.1 Å². The fraction of sp³-hybridized carbons (Fsp3) is 0.845. The minimum atomic E-state index is -2.05. The number of nitrogens with one attached hydrogen (secondary N) is 1. The Hall–Kier alpha value is -3.81. The van der Waals surface area contributed by atoms with Gasteiger partial charge in [0.1, 0.15) is 42.8 Å². The zero-order valence-electron chi connectivity index (χ0n) is 50.7. The molecule has 0 bridgehead atoms. The molecule has 0 saturated carbocycles. The van der Waals surface area contributed by atoms with E-state index in [2.05, 4.69) is 25.3 Å². The second kappa shape index (κ2) is 29.1. The average Bonchev–Trinajstić information content (AvgIpc) is 3.52. The third-order valence-electron chi connectivity index (χ3n) is 16.4. The monoisotopic (exact) mass is 1140 g/mol. The maximum atomic E-state index is 15.4. The fourth-order valence-electron chi connectivity index (χ4n) is 12.2. The molecule has 4 fully saturated rings. The molecule has 1 aromatic rings. The Morgan fingerprint density at radius 2 is 1.56 bits per heavy atom. The number of carbonyl (C=O) groups excluding carboxylic acids is 4. The summed E-state index contributed by atoms with van der Waals surface area (Å²) in [5.74, 6) is -7.90. The van der Waals surface area contributed by atoms with Gasteiger partial charge in [0.25, 0.3) is 5.91 Å². The molecule has 1 unspecified atom stereocenters. The van der Waals surface area contributed by atoms with Gasteiger partial charge in [-0.05, 0) is 73.6 Å². The van der Waals surface area contributed by atoms with Crippen LogP contribution in [0.1, 0.15) is 147 Å². The van der Waals surface area contributed by atoms with E-state index in [4.69, 9.17) is 47.5 Å². The zero-order valence-corrected chi connectivity index (χ0v) is 50.7. The molecule has 80 heavy (non-hydrogen) atoms. The second-order valence-electron chi connectivity index (χ2n) is 24.9. The van der Waals surface area contributed by atoms with Crippen LogP contribution in [0, 0.1) is 47.3 Å². The van der Waals surface area contributed by atoms with E-state index in [-0.39, 0.29) is 55.3 Å². The van der Waals surface area contributed by atoms with E-state index in [1.54, 1.807) is 27.7 Å². The summed E-state index contributed by atoms with van der Waals surface area (Å²) >= 11 is 0. The van der Waals surface area contributed by atoms with Gasteiger partial charge in [-0.2, -0.15) is 0 Å². The third kappa shape index (κ3) is 17.4. The van der Waals surface area contributed by atoms with Crippen LogP contribution in [-0.4, -0.2) is 191 Å². The van der Waals surface area contributed by atoms with Crippen LogP contribution in [0.25, 0.3) is 0 Å². The Bertz CT molecular complexity index is 2190. The van der Waals surface area contributed by atoms with Crippen molar-refractivity contribution in [3.05, 3.63) is 24.3 Å². The van der Waals surface area contributed by atoms with Crippen molar-refractivity contribution >= 4 is 29.3 Å². The number of methoxy groups -OCH3 is 1. The molecular formula is C58H97N5O17. The summed E-state index contributed by atoms with van der Waals surface area (Å²) < 4.78 is 58.3. The average molecular weight is 1140 g/mol. The van der Waals surface area contributed by atoms with Gasteiger partial charge in [-0.1, -0.05) is 60.5 Å². The number of carbonyl (C=O) groups is 4. The molecule has 22 heteroatoms. The van der Waals surface area contributed by atoms with Crippen LogP contribution in [-0.2, 0) is 61.9 Å². The number of ketones is 1. The number of aliphatic hydroxyl groups is 3. The first-order valence-corrected chi connectivity index (χ1v) is 28.8. The molecule has 0 radical (unpaired) electrons. The van der Waals surface area contributed by atoms with E-state index < -0.39 is 144 Å². The maximum absolute atomic E-state index is 15.4. The zero-order chi connectivity index (χ0) is 59.7. The van der Waals surface area contributed by atoms with Crippen molar-refractivity contribution < 1.29 is 82.0 Å². The molecule has 5 heterocycles. The molecule has 4 N–H and O–H groups in total. The Labute approximate surface area is 474 Å². The van der Waals surface area contributed by atoms with Crippen LogP contribution < -0.4 is 5.32 Å². The Morgan fingerprint density at radius 3 is 2.19 bits per heavy atom. The number of nitrogens with zero attached hydrogens (tertiary/aromatic N) is 4. The molecule has 5 rings (SSSR count). The Kier molecular flexibility index (Phi) is 24.4. The number of aromatic nitrogens is 2. The van der Waals surface area contributed by atoms with Crippen LogP contribution in [0.15, 0.2) is 23.7 Å². The quantitative estimate of drug-likeness (QED) is 0.114. The molecule has 0 aromatic carbocycles. The summed E-state index contributed by atoms with van der Waals surface area (Å²) in [4.78, 5) is 73.0. The molecule has 4 aliphatic heterocycles. The molecule has 1 aromatic heterocycles. The molecule has 0 spiro atoms. The fourth-order valence-corrected chi connectivity index (χ4v) is 12.2. The minimum Gasteiger partial charge on any atom is -0.461 e. The topological polar surface area (TPSA) is 275 Å². The van der Waals surface area contributed by atoms with E-state index in [9.17, 15) is 24.9 Å². The van der Waals surface area contributed by atoms with Crippen LogP contribution in [0.2, 0.25) is 0 Å². The first-order valence-electron chi connectivity index (χ1n) is 28.8. The van der Waals surface area contributed by atoms with Crippen molar-refractivity contribution in [3.8, 4) is 0 Å². The smallest absolute Gasteiger partial charge is 0.311 e. The molecule has 22 atom stereocenters. The lowest BCUT2D eigenvalue weighted by atomic mass is 9.74. The van der Waals surface area contributed by atoms with Crippen molar-refractivity contribution in [1.29, 1.82) is 0 Å². The Balaban J connectivity index is 1.59. The van der Waals surface area contributed by atoms with Gasteiger partial charge in [-0.3, -0.25) is 29.1 Å². The van der Waals surface area contributed by atoms with E-state index in [1.807, 2.05) is 76.2 Å². The highest BCUT2D eigenvalue weighted by Gasteiger charge is 2.51. The van der Waals surface area contributed by atoms with Gasteiger partial charge in [-0.15, -0.1) is 0 Å². The molecule has 0 aliphatic carbocycles. The van der Waals surface area contributed by atoms with Gasteiger partial charge in [0.05, 0.1) is 67.0 Å². The first-order chi connectivity index (χ1) is 37.4. The summed E-state index contributed by atoms with van der Waals surface area (Å²) in [6.07, 6.45) is -7.00. The van der Waals surface area contributed by atoms with Crippen LogP contribution in [0.4, 0.5) is 0 Å². The lowest BCUT2D eigenvalue weighted by Gasteiger charge is -2.44. The largest absolute Gasteiger partial charge is 0.461 e. The number of oxime groups is 1. The predicted octanol–water partition coefficient (Wildman–Crippen LogP) is 5.26. The second-order valence-corrected chi connectivity index (χ2v) is 24.9. The number of aliphatic hydroxyl groups excluding tert-OH is 2. The van der Waals surface area contributed by atoms with Crippen molar-refractivity contribution in [3.63, 3.8) is 0 Å². The molecule has 4 aliphatic rings. The summed E-state index contributed by atoms with van der Waals surface area (Å²) in [6.45, 7) is 29.8. The normalized spacial score (nSPS) is 39.4. The number of Topliss-reactive ketones (excluding diaryl/α,β-unsaturated/α-hetero) is 1. The number of cyclic esters (lactones) is 1. The number of hydrogen-bond donors (Lipinski definition) is 4. The van der Waals surface area contributed by atoms with Gasteiger partial charge >= 0.3 is 11.9 Å². The van der Waals surface area contributed by atoms with Gasteiger partial charge in [0, 0.05) is 87.1 Å². The van der Waals surface area contributed by atoms with Crippen molar-refractivity contribution in [1.82, 2.24) is 20.2 Å². The van der Waals surface area contributed by atoms with E-state index in [0.717, 1.165) is 0 Å². The van der Waals surface area contributed by atoms with Crippen LogP contribution in [0.3, 0.4) is 0 Å². The van der Waals surface area contributed by atoms with E-state index in [0.29, 0.717) is 25.2 Å². The van der Waals surface area contributed by atoms with Crippen molar-refractivity contribution in [2.45, 2.75) is 234 Å². The molecular weight excluding hydrogens is 1040 g/mol. The summed E-state index contributed by atoms with van der Waals surface area (Å²) in [6, 6.07) is -0.185. The number of esters is 2. The minimum absolute atomic E-state index is 0.0360. The maximum Gasteiger partial charge on any atom is 0.311 e. The van der Waals surface area contributed by atoms with Gasteiger partial charge in [-0.25, -0.2) is 4.98 Å². The lowest BCUT2D eigenvalue weighted by Crippen LogP contribution is -2.55. The number of rotatable bonds is 17. The molecule has 456 valence electrons. The summed E-state index contributed by atoms with van der Waals surface area (Å²) in [5.41, 5.74) is -2.30. The highest BCUT2D eigenvalue weighted by molar-refractivity contribution is 5.92. The number of amides is 1. The van der Waals surface area contributed by atoms with Crippen LogP contribution in [0.5, 0.6) is 0 Å². The molecule has 1 amide bonds. The van der Waals surface area contributed by atoms with E-state index >= 15 is 9.59 Å². The highest BCUT2D eigenvalue weighted by Crippen LogP contribution is 2.40. The van der Waals surface area contributed by atoms with Gasteiger partial charge in [0.15, 0.2) is 24.7 Å². The summed E-state index contributed by atoms with van der Waals surface area (Å²) in [7, 11) is 2.89. The molecule has 4 saturated heterocycles. The Morgan fingerprint density at radius 1 is 0.875 bits per heavy atom. The summed E-state index contributed by atoms with van der Waals surface area (Å²) in [5, 5.41) is 42.3. The van der Waals surface area contributed by atoms with Gasteiger partial charge in [0.2, 0.25) is 0 Å². The van der Waals surface area contributed by atoms with Crippen molar-refractivity contribution in [2.24, 2.45) is 52.5 Å². The highest BCUT2D eigenvalue weighted by atomic mass is 16.7. The number of hydrogen-bond acceptors (Lipinski definition) is 21. The standard InChI is InChI=1S/C58H97N5O17/c1-29(2)21-43(64)77-49-37(10)48(31(4)27-73-56-51(71-17)35(8)45(65)40(13)76-56)79-54(69)39(12)50(78-44-22-32(5)63(26-34(7)74-44)28-57(14,15)61-53(68)42-25-59-19-20-60-42)36(9)47(30(3)24-58(16,70)52(67)38(49)11)80-55-46(66)41(62-72-18)23-33(6)75-55/h19-20,25,29-40,44-51,55-56,65-66,70H,21-24,26-28H2,1-18H3,(H,61,68)/b62-41+/t30-,31-,32?,33+,34-,35+,36+,37-,38+,39+,40+,44-,45-,46+,47-,48+,49+,50-,51+,55-,56+,58-/m0/s1.